The van der Waals surface area contributed by atoms with Gasteiger partial charge in [0.05, 0.1) is 6.54 Å². The van der Waals surface area contributed by atoms with Gasteiger partial charge in [-0.1, -0.05) is 47.6 Å². The Morgan fingerprint density at radius 2 is 2.09 bits per heavy atom. The molecule has 2 aromatic rings. The molecule has 0 spiro atoms. The van der Waals surface area contributed by atoms with Crippen molar-refractivity contribution in [1.82, 2.24) is 15.5 Å². The molecule has 0 radical (unpaired) electrons. The number of fused-ring (bicyclic) bond motifs is 2. The van der Waals surface area contributed by atoms with E-state index in [1.165, 1.54) is 0 Å². The Morgan fingerprint density at radius 3 is 2.83 bits per heavy atom. The lowest BCUT2D eigenvalue weighted by Gasteiger charge is -2.16. The minimum Gasteiger partial charge on any atom is -0.347 e. The van der Waals surface area contributed by atoms with Crippen molar-refractivity contribution in [3.8, 4) is 0 Å². The normalized spacial score (nSPS) is 25.0. The summed E-state index contributed by atoms with van der Waals surface area (Å²) in [5.74, 6) is 2.32. The first-order chi connectivity index (χ1) is 11.3. The fraction of sp³-hybridized carbons (Fsp3) is 0.389. The molecular formula is C18H19N3O2. The summed E-state index contributed by atoms with van der Waals surface area (Å²) < 4.78 is 5.22. The minimum atomic E-state index is 0.102. The second kappa shape index (κ2) is 5.99. The van der Waals surface area contributed by atoms with Crippen LogP contribution in [0.3, 0.4) is 0 Å². The summed E-state index contributed by atoms with van der Waals surface area (Å²) in [5.41, 5.74) is 1.14. The van der Waals surface area contributed by atoms with Gasteiger partial charge in [-0.2, -0.15) is 4.98 Å². The Bertz CT molecular complexity index is 723. The maximum absolute atomic E-state index is 12.3. The van der Waals surface area contributed by atoms with Gasteiger partial charge in [0.2, 0.25) is 11.8 Å². The maximum Gasteiger partial charge on any atom is 0.246 e. The van der Waals surface area contributed by atoms with E-state index in [9.17, 15) is 4.79 Å². The highest BCUT2D eigenvalue weighted by atomic mass is 16.5. The van der Waals surface area contributed by atoms with Gasteiger partial charge in [-0.05, 0) is 30.2 Å². The summed E-state index contributed by atoms with van der Waals surface area (Å²) in [7, 11) is 0. The fourth-order valence-corrected chi connectivity index (χ4v) is 3.59. The average molecular weight is 309 g/mol. The molecule has 23 heavy (non-hydrogen) atoms. The highest BCUT2D eigenvalue weighted by Crippen LogP contribution is 2.43. The highest BCUT2D eigenvalue weighted by molar-refractivity contribution is 5.79. The quantitative estimate of drug-likeness (QED) is 0.862. The number of aromatic nitrogens is 2. The van der Waals surface area contributed by atoms with Crippen molar-refractivity contribution in [1.29, 1.82) is 0 Å². The molecule has 1 N–H and O–H groups in total. The molecule has 2 aliphatic carbocycles. The molecule has 1 fully saturated rings. The number of hydrogen-bond donors (Lipinski definition) is 1. The van der Waals surface area contributed by atoms with E-state index in [4.69, 9.17) is 4.52 Å². The van der Waals surface area contributed by atoms with Crippen molar-refractivity contribution < 1.29 is 9.32 Å². The molecule has 118 valence electrons. The zero-order valence-electron chi connectivity index (χ0n) is 12.8. The number of carbonyl (C=O) groups excluding carboxylic acids is 1. The lowest BCUT2D eigenvalue weighted by Crippen LogP contribution is -2.32. The van der Waals surface area contributed by atoms with Gasteiger partial charge in [0.15, 0.2) is 5.82 Å². The second-order valence-electron chi connectivity index (χ2n) is 6.37. The van der Waals surface area contributed by atoms with Crippen LogP contribution < -0.4 is 5.32 Å². The van der Waals surface area contributed by atoms with E-state index in [1.54, 1.807) is 0 Å². The molecule has 0 unspecified atom stereocenters. The molecule has 5 heteroatoms. The number of benzene rings is 1. The van der Waals surface area contributed by atoms with Crippen molar-refractivity contribution in [2.24, 2.45) is 17.8 Å². The number of rotatable bonds is 5. The molecule has 1 heterocycles. The third kappa shape index (κ3) is 3.04. The van der Waals surface area contributed by atoms with Gasteiger partial charge in [0.1, 0.15) is 0 Å². The van der Waals surface area contributed by atoms with E-state index in [-0.39, 0.29) is 11.8 Å². The van der Waals surface area contributed by atoms with Crippen LogP contribution in [0.1, 0.15) is 30.1 Å². The van der Waals surface area contributed by atoms with Gasteiger partial charge < -0.3 is 9.84 Å². The smallest absolute Gasteiger partial charge is 0.246 e. The van der Waals surface area contributed by atoms with E-state index < -0.39 is 0 Å². The van der Waals surface area contributed by atoms with Gasteiger partial charge in [-0.15, -0.1) is 0 Å². The van der Waals surface area contributed by atoms with Gasteiger partial charge in [0.25, 0.3) is 0 Å². The fourth-order valence-electron chi connectivity index (χ4n) is 3.59. The number of carbonyl (C=O) groups is 1. The first kappa shape index (κ1) is 14.2. The lowest BCUT2D eigenvalue weighted by atomic mass is 9.93. The van der Waals surface area contributed by atoms with Crippen LogP contribution in [0.2, 0.25) is 0 Å². The number of amides is 1. The van der Waals surface area contributed by atoms with Crippen LogP contribution in [0.4, 0.5) is 0 Å². The third-order valence-electron chi connectivity index (χ3n) is 4.74. The van der Waals surface area contributed by atoms with E-state index in [2.05, 4.69) is 27.6 Å². The van der Waals surface area contributed by atoms with E-state index >= 15 is 0 Å². The van der Waals surface area contributed by atoms with Gasteiger partial charge >= 0.3 is 0 Å². The average Bonchev–Trinajstić information content (AvgIpc) is 3.30. The predicted octanol–water partition coefficient (Wildman–Crippen LogP) is 2.49. The van der Waals surface area contributed by atoms with Crippen LogP contribution in [-0.2, 0) is 17.8 Å². The number of allylic oxidation sites excluding steroid dienone is 2. The standard InChI is InChI=1S/C18H19N3O2/c22-18(15-9-13-6-7-14(15)8-13)19-11-17-20-16(21-23-17)10-12-4-2-1-3-5-12/h1-7,13-15H,8-11H2,(H,19,22)/t13-,14+,15+/m1/s1. The summed E-state index contributed by atoms with van der Waals surface area (Å²) in [6.07, 6.45) is 7.15. The van der Waals surface area contributed by atoms with E-state index in [1.807, 2.05) is 30.3 Å². The van der Waals surface area contributed by atoms with Crippen LogP contribution in [0.5, 0.6) is 0 Å². The zero-order valence-corrected chi connectivity index (χ0v) is 12.8. The molecule has 0 saturated heterocycles. The molecule has 1 aromatic carbocycles. The van der Waals surface area contributed by atoms with Crippen LogP contribution >= 0.6 is 0 Å². The van der Waals surface area contributed by atoms with Gasteiger partial charge in [-0.3, -0.25) is 4.79 Å². The topological polar surface area (TPSA) is 68.0 Å². The minimum absolute atomic E-state index is 0.102. The molecule has 2 aliphatic rings. The number of nitrogens with zero attached hydrogens (tertiary/aromatic N) is 2. The largest absolute Gasteiger partial charge is 0.347 e. The summed E-state index contributed by atoms with van der Waals surface area (Å²) in [6.45, 7) is 0.304. The summed E-state index contributed by atoms with van der Waals surface area (Å²) in [4.78, 5) is 16.6. The van der Waals surface area contributed by atoms with Gasteiger partial charge in [-0.25, -0.2) is 0 Å². The van der Waals surface area contributed by atoms with Crippen LogP contribution in [0, 0.1) is 17.8 Å². The Balaban J connectivity index is 1.31. The number of nitrogens with one attached hydrogen (secondary N) is 1. The van der Waals surface area contributed by atoms with Crippen LogP contribution in [0.25, 0.3) is 0 Å². The molecule has 0 aliphatic heterocycles. The first-order valence-electron chi connectivity index (χ1n) is 8.09. The Kier molecular flexibility index (Phi) is 3.69. The zero-order chi connectivity index (χ0) is 15.6. The molecule has 3 atom stereocenters. The summed E-state index contributed by atoms with van der Waals surface area (Å²) in [5, 5.41) is 6.91. The SMILES string of the molecule is O=C(NCc1nc(Cc2ccccc2)no1)[C@H]1C[C@@H]2C=C[C@H]1C2. The second-order valence-corrected chi connectivity index (χ2v) is 6.37. The Morgan fingerprint density at radius 1 is 1.22 bits per heavy atom. The molecule has 5 nitrogen and oxygen atoms in total. The molecule has 1 saturated carbocycles. The molecule has 4 rings (SSSR count). The van der Waals surface area contributed by atoms with Gasteiger partial charge in [0, 0.05) is 12.3 Å². The summed E-state index contributed by atoms with van der Waals surface area (Å²) >= 11 is 0. The predicted molar refractivity (Wildman–Crippen MR) is 84.2 cm³/mol. The molecule has 1 aromatic heterocycles. The highest BCUT2D eigenvalue weighted by Gasteiger charge is 2.39. The Labute approximate surface area is 134 Å². The Hall–Kier alpha value is -2.43. The number of hydrogen-bond acceptors (Lipinski definition) is 4. The maximum atomic E-state index is 12.3. The molecular weight excluding hydrogens is 290 g/mol. The first-order valence-corrected chi connectivity index (χ1v) is 8.09. The van der Waals surface area contributed by atoms with Crippen molar-refractivity contribution in [2.75, 3.05) is 0 Å². The molecule has 1 amide bonds. The van der Waals surface area contributed by atoms with E-state index in [0.29, 0.717) is 36.5 Å². The van der Waals surface area contributed by atoms with Crippen molar-refractivity contribution >= 4 is 5.91 Å². The summed E-state index contributed by atoms with van der Waals surface area (Å²) in [6, 6.07) is 10.0. The molecule has 2 bridgehead atoms. The third-order valence-corrected chi connectivity index (χ3v) is 4.74. The van der Waals surface area contributed by atoms with Crippen molar-refractivity contribution in [3.05, 3.63) is 59.8 Å². The van der Waals surface area contributed by atoms with Crippen LogP contribution in [0.15, 0.2) is 47.0 Å². The van der Waals surface area contributed by atoms with Crippen molar-refractivity contribution in [3.63, 3.8) is 0 Å². The monoisotopic (exact) mass is 309 g/mol. The van der Waals surface area contributed by atoms with E-state index in [0.717, 1.165) is 18.4 Å². The van der Waals surface area contributed by atoms with Crippen LogP contribution in [-0.4, -0.2) is 16.0 Å². The lowest BCUT2D eigenvalue weighted by molar-refractivity contribution is -0.126. The van der Waals surface area contributed by atoms with Crippen molar-refractivity contribution in [2.45, 2.75) is 25.8 Å².